The molecule has 2 aromatic carbocycles. The fourth-order valence-electron chi connectivity index (χ4n) is 4.16. The molecule has 0 radical (unpaired) electrons. The first kappa shape index (κ1) is 19.6. The fourth-order valence-corrected chi connectivity index (χ4v) is 5.29. The molecule has 1 fully saturated rings. The Labute approximate surface area is 181 Å². The highest BCUT2D eigenvalue weighted by molar-refractivity contribution is 7.25. The molecular formula is C23H21N3O4S. The highest BCUT2D eigenvalue weighted by Crippen LogP contribution is 2.31. The zero-order valence-electron chi connectivity index (χ0n) is 17.0. The summed E-state index contributed by atoms with van der Waals surface area (Å²) in [5.74, 6) is 0.528. The molecule has 31 heavy (non-hydrogen) atoms. The first-order valence-electron chi connectivity index (χ1n) is 10.2. The Morgan fingerprint density at radius 2 is 1.74 bits per heavy atom. The Hall–Kier alpha value is -3.39. The largest absolute Gasteiger partial charge is 0.497 e. The van der Waals surface area contributed by atoms with Crippen molar-refractivity contribution in [1.82, 2.24) is 14.0 Å². The van der Waals surface area contributed by atoms with Crippen LogP contribution < -0.4 is 16.0 Å². The van der Waals surface area contributed by atoms with E-state index in [0.717, 1.165) is 27.5 Å². The second-order valence-corrected chi connectivity index (χ2v) is 8.62. The summed E-state index contributed by atoms with van der Waals surface area (Å²) in [5.41, 5.74) is 0.0837. The third kappa shape index (κ3) is 3.23. The SMILES string of the molecule is COc1ccc(-n2c(=O)c3sc4ccccc4c3n(CC(=O)N3CCCC3)c2=O)cc1. The Morgan fingerprint density at radius 1 is 1.03 bits per heavy atom. The molecule has 1 aliphatic rings. The zero-order valence-corrected chi connectivity index (χ0v) is 17.9. The molecule has 0 spiro atoms. The Bertz CT molecular complexity index is 1410. The van der Waals surface area contributed by atoms with Gasteiger partial charge in [-0.1, -0.05) is 18.2 Å². The molecule has 4 aromatic rings. The van der Waals surface area contributed by atoms with Crippen molar-refractivity contribution in [1.29, 1.82) is 0 Å². The molecule has 8 heteroatoms. The van der Waals surface area contributed by atoms with E-state index in [0.29, 0.717) is 34.7 Å². The van der Waals surface area contributed by atoms with Crippen LogP contribution in [0.15, 0.2) is 58.1 Å². The molecule has 7 nitrogen and oxygen atoms in total. The van der Waals surface area contributed by atoms with Gasteiger partial charge in [0.1, 0.15) is 17.0 Å². The van der Waals surface area contributed by atoms with Gasteiger partial charge in [0.05, 0.1) is 18.3 Å². The molecule has 2 aromatic heterocycles. The van der Waals surface area contributed by atoms with Crippen molar-refractivity contribution in [2.45, 2.75) is 19.4 Å². The lowest BCUT2D eigenvalue weighted by Gasteiger charge is -2.18. The molecule has 1 saturated heterocycles. The van der Waals surface area contributed by atoms with Crippen LogP contribution in [0.5, 0.6) is 5.75 Å². The van der Waals surface area contributed by atoms with Crippen LogP contribution in [0.1, 0.15) is 12.8 Å². The van der Waals surface area contributed by atoms with Gasteiger partial charge >= 0.3 is 5.69 Å². The number of fused-ring (bicyclic) bond motifs is 3. The van der Waals surface area contributed by atoms with E-state index in [1.165, 1.54) is 15.9 Å². The van der Waals surface area contributed by atoms with Gasteiger partial charge in [0.25, 0.3) is 5.56 Å². The number of amides is 1. The number of hydrogen-bond donors (Lipinski definition) is 0. The van der Waals surface area contributed by atoms with E-state index in [9.17, 15) is 14.4 Å². The lowest BCUT2D eigenvalue weighted by atomic mass is 10.2. The van der Waals surface area contributed by atoms with E-state index in [1.54, 1.807) is 36.3 Å². The first-order chi connectivity index (χ1) is 15.1. The molecule has 0 atom stereocenters. The van der Waals surface area contributed by atoms with Crippen molar-refractivity contribution in [2.24, 2.45) is 0 Å². The zero-order chi connectivity index (χ0) is 21.5. The average Bonchev–Trinajstić information content (AvgIpc) is 3.46. The molecule has 0 aliphatic carbocycles. The van der Waals surface area contributed by atoms with Gasteiger partial charge in [0.15, 0.2) is 0 Å². The van der Waals surface area contributed by atoms with Crippen molar-refractivity contribution in [2.75, 3.05) is 20.2 Å². The van der Waals surface area contributed by atoms with Crippen molar-refractivity contribution in [3.05, 3.63) is 69.4 Å². The number of aromatic nitrogens is 2. The summed E-state index contributed by atoms with van der Waals surface area (Å²) in [5, 5.41) is 0.813. The van der Waals surface area contributed by atoms with Crippen LogP contribution in [0.4, 0.5) is 0 Å². The quantitative estimate of drug-likeness (QED) is 0.494. The standard InChI is InChI=1S/C23H21N3O4S/c1-30-16-10-8-15(9-11-16)26-22(28)21-20(17-6-2-3-7-18(17)31-21)25(23(26)29)14-19(27)24-12-4-5-13-24/h2-3,6-11H,4-5,12-14H2,1H3. The number of rotatable bonds is 4. The monoisotopic (exact) mass is 435 g/mol. The van der Waals surface area contributed by atoms with Crippen LogP contribution >= 0.6 is 11.3 Å². The molecule has 0 saturated carbocycles. The summed E-state index contributed by atoms with van der Waals surface area (Å²) in [7, 11) is 1.56. The molecule has 0 N–H and O–H groups in total. The van der Waals surface area contributed by atoms with E-state index in [4.69, 9.17) is 4.74 Å². The summed E-state index contributed by atoms with van der Waals surface area (Å²) in [6.45, 7) is 1.32. The predicted molar refractivity (Wildman–Crippen MR) is 122 cm³/mol. The van der Waals surface area contributed by atoms with Crippen LogP contribution in [0.3, 0.4) is 0 Å². The van der Waals surface area contributed by atoms with Gasteiger partial charge in [0.2, 0.25) is 5.91 Å². The Morgan fingerprint density at radius 3 is 2.45 bits per heavy atom. The molecule has 1 aliphatic heterocycles. The molecule has 5 rings (SSSR count). The molecule has 0 unspecified atom stereocenters. The fraction of sp³-hybridized carbons (Fsp3) is 0.261. The van der Waals surface area contributed by atoms with Crippen molar-refractivity contribution >= 4 is 37.5 Å². The second kappa shape index (κ2) is 7.70. The van der Waals surface area contributed by atoms with Crippen LogP contribution in [-0.2, 0) is 11.3 Å². The van der Waals surface area contributed by atoms with E-state index < -0.39 is 5.69 Å². The number of carbonyl (C=O) groups is 1. The minimum absolute atomic E-state index is 0.0908. The summed E-state index contributed by atoms with van der Waals surface area (Å²) in [6.07, 6.45) is 1.95. The molecule has 0 bridgehead atoms. The van der Waals surface area contributed by atoms with E-state index >= 15 is 0 Å². The third-order valence-electron chi connectivity index (χ3n) is 5.74. The maximum atomic E-state index is 13.6. The summed E-state index contributed by atoms with van der Waals surface area (Å²) in [6, 6.07) is 14.3. The minimum Gasteiger partial charge on any atom is -0.497 e. The Balaban J connectivity index is 1.78. The van der Waals surface area contributed by atoms with Crippen molar-refractivity contribution < 1.29 is 9.53 Å². The smallest absolute Gasteiger partial charge is 0.336 e. The lowest BCUT2D eigenvalue weighted by molar-refractivity contribution is -0.130. The number of methoxy groups -OCH3 is 1. The van der Waals surface area contributed by atoms with Crippen molar-refractivity contribution in [3.8, 4) is 11.4 Å². The summed E-state index contributed by atoms with van der Waals surface area (Å²) < 4.78 is 9.17. The molecule has 3 heterocycles. The lowest BCUT2D eigenvalue weighted by Crippen LogP contribution is -2.42. The van der Waals surface area contributed by atoms with Crippen molar-refractivity contribution in [3.63, 3.8) is 0 Å². The van der Waals surface area contributed by atoms with Gasteiger partial charge < -0.3 is 9.64 Å². The summed E-state index contributed by atoms with van der Waals surface area (Å²) in [4.78, 5) is 41.7. The van der Waals surface area contributed by atoms with Gasteiger partial charge in [0, 0.05) is 23.2 Å². The second-order valence-electron chi connectivity index (χ2n) is 7.57. The third-order valence-corrected chi connectivity index (χ3v) is 6.89. The number of carbonyl (C=O) groups excluding carboxylic acids is 1. The van der Waals surface area contributed by atoms with Gasteiger partial charge in [-0.2, -0.15) is 0 Å². The topological polar surface area (TPSA) is 73.5 Å². The molecule has 1 amide bonds. The highest BCUT2D eigenvalue weighted by atomic mass is 32.1. The molecule has 158 valence electrons. The van der Waals surface area contributed by atoms with E-state index in [2.05, 4.69) is 0 Å². The average molecular weight is 436 g/mol. The van der Waals surface area contributed by atoms with E-state index in [1.807, 2.05) is 24.3 Å². The normalized spacial score (nSPS) is 13.9. The predicted octanol–water partition coefficient (Wildman–Crippen LogP) is 3.00. The number of nitrogens with zero attached hydrogens (tertiary/aromatic N) is 3. The first-order valence-corrected chi connectivity index (χ1v) is 11.0. The van der Waals surface area contributed by atoms with Crippen LogP contribution in [0.2, 0.25) is 0 Å². The van der Waals surface area contributed by atoms with Gasteiger partial charge in [-0.15, -0.1) is 11.3 Å². The van der Waals surface area contributed by atoms with Crippen LogP contribution in [0.25, 0.3) is 26.0 Å². The highest BCUT2D eigenvalue weighted by Gasteiger charge is 2.24. The Kier molecular flexibility index (Phi) is 4.86. The number of ether oxygens (including phenoxy) is 1. The van der Waals surface area contributed by atoms with Gasteiger partial charge in [-0.3, -0.25) is 14.2 Å². The number of benzene rings is 2. The maximum Gasteiger partial charge on any atom is 0.336 e. The van der Waals surface area contributed by atoms with E-state index in [-0.39, 0.29) is 18.0 Å². The maximum absolute atomic E-state index is 13.6. The van der Waals surface area contributed by atoms with Crippen LogP contribution in [-0.4, -0.2) is 40.1 Å². The number of hydrogen-bond acceptors (Lipinski definition) is 5. The number of likely N-dealkylation sites (tertiary alicyclic amines) is 1. The minimum atomic E-state index is -0.515. The number of thiophene rings is 1. The van der Waals surface area contributed by atoms with Gasteiger partial charge in [-0.05, 0) is 43.2 Å². The molecular weight excluding hydrogens is 414 g/mol. The van der Waals surface area contributed by atoms with Gasteiger partial charge in [-0.25, -0.2) is 9.36 Å². The van der Waals surface area contributed by atoms with Crippen LogP contribution in [0, 0.1) is 0 Å². The summed E-state index contributed by atoms with van der Waals surface area (Å²) >= 11 is 1.34.